The van der Waals surface area contributed by atoms with E-state index in [9.17, 15) is 0 Å². The first-order chi connectivity index (χ1) is 10.3. The fourth-order valence-electron chi connectivity index (χ4n) is 3.20. The minimum atomic E-state index is 0.426. The largest absolute Gasteiger partial charge is 0.358 e. The lowest BCUT2D eigenvalue weighted by Gasteiger charge is -2.18. The molecule has 0 bridgehead atoms. The zero-order valence-electron chi connectivity index (χ0n) is 12.7. The Hall–Kier alpha value is -2.06. The summed E-state index contributed by atoms with van der Waals surface area (Å²) in [5.41, 5.74) is 5.34. The van der Waals surface area contributed by atoms with E-state index in [1.54, 1.807) is 0 Å². The topological polar surface area (TPSA) is 27.8 Å². The van der Waals surface area contributed by atoms with E-state index in [4.69, 9.17) is 0 Å². The van der Waals surface area contributed by atoms with Crippen molar-refractivity contribution in [3.05, 3.63) is 71.4 Å². The molecular weight excluding hydrogens is 256 g/mol. The maximum atomic E-state index is 3.53. The molecule has 21 heavy (non-hydrogen) atoms. The molecule has 0 aliphatic heterocycles. The van der Waals surface area contributed by atoms with Crippen molar-refractivity contribution in [3.63, 3.8) is 0 Å². The molecule has 0 aliphatic carbocycles. The Balaban J connectivity index is 2.12. The zero-order chi connectivity index (χ0) is 14.7. The van der Waals surface area contributed by atoms with Gasteiger partial charge in [-0.25, -0.2) is 0 Å². The summed E-state index contributed by atoms with van der Waals surface area (Å²) < 4.78 is 0. The number of rotatable bonds is 5. The quantitative estimate of drug-likeness (QED) is 0.718. The van der Waals surface area contributed by atoms with Crippen molar-refractivity contribution in [2.24, 2.45) is 0 Å². The SMILES string of the molecule is CNCCC(c1ccccc1)c1c(C)[nH]c2ccccc12. The number of aryl methyl sites for hydroxylation is 1. The smallest absolute Gasteiger partial charge is 0.0459 e. The van der Waals surface area contributed by atoms with Crippen LogP contribution in [0.25, 0.3) is 10.9 Å². The van der Waals surface area contributed by atoms with Crippen LogP contribution in [0.5, 0.6) is 0 Å². The molecular formula is C19H22N2. The third kappa shape index (κ3) is 2.72. The van der Waals surface area contributed by atoms with E-state index in [2.05, 4.69) is 71.8 Å². The number of H-pyrrole nitrogens is 1. The van der Waals surface area contributed by atoms with Gasteiger partial charge >= 0.3 is 0 Å². The van der Waals surface area contributed by atoms with Crippen molar-refractivity contribution < 1.29 is 0 Å². The van der Waals surface area contributed by atoms with E-state index in [0.29, 0.717) is 5.92 Å². The molecule has 108 valence electrons. The van der Waals surface area contributed by atoms with Crippen LogP contribution in [0, 0.1) is 6.92 Å². The van der Waals surface area contributed by atoms with Gasteiger partial charge in [-0.2, -0.15) is 0 Å². The summed E-state index contributed by atoms with van der Waals surface area (Å²) in [5, 5.41) is 4.63. The van der Waals surface area contributed by atoms with Crippen LogP contribution in [0.15, 0.2) is 54.6 Å². The van der Waals surface area contributed by atoms with Gasteiger partial charge in [0.25, 0.3) is 0 Å². The number of nitrogens with one attached hydrogen (secondary N) is 2. The molecule has 1 unspecified atom stereocenters. The molecule has 2 nitrogen and oxygen atoms in total. The van der Waals surface area contributed by atoms with Gasteiger partial charge in [0.05, 0.1) is 0 Å². The highest BCUT2D eigenvalue weighted by atomic mass is 14.8. The summed E-state index contributed by atoms with van der Waals surface area (Å²) in [6, 6.07) is 19.4. The summed E-state index contributed by atoms with van der Waals surface area (Å²) in [6.07, 6.45) is 1.10. The average Bonchev–Trinajstić information content (AvgIpc) is 2.85. The summed E-state index contributed by atoms with van der Waals surface area (Å²) in [5.74, 6) is 0.426. The Morgan fingerprint density at radius 1 is 1.00 bits per heavy atom. The molecule has 0 spiro atoms. The molecule has 0 fully saturated rings. The second kappa shape index (κ2) is 6.15. The highest BCUT2D eigenvalue weighted by Gasteiger charge is 2.20. The number of aromatic amines is 1. The normalized spacial score (nSPS) is 12.7. The molecule has 0 radical (unpaired) electrons. The number of hydrogen-bond acceptors (Lipinski definition) is 1. The molecule has 3 rings (SSSR count). The number of hydrogen-bond donors (Lipinski definition) is 2. The van der Waals surface area contributed by atoms with Gasteiger partial charge in [-0.3, -0.25) is 0 Å². The van der Waals surface area contributed by atoms with E-state index in [0.717, 1.165) is 13.0 Å². The first-order valence-corrected chi connectivity index (χ1v) is 7.58. The van der Waals surface area contributed by atoms with Gasteiger partial charge in [-0.05, 0) is 44.1 Å². The standard InChI is InChI=1S/C19H22N2/c1-14-19(17-10-6-7-11-18(17)21-14)16(12-13-20-2)15-8-4-3-5-9-15/h3-11,16,20-21H,12-13H2,1-2H3. The molecule has 0 amide bonds. The average molecular weight is 278 g/mol. The molecule has 2 aromatic carbocycles. The second-order valence-corrected chi connectivity index (χ2v) is 5.56. The molecule has 1 atom stereocenters. The molecule has 2 N–H and O–H groups in total. The number of fused-ring (bicyclic) bond motifs is 1. The molecule has 2 heteroatoms. The minimum absolute atomic E-state index is 0.426. The summed E-state index contributed by atoms with van der Waals surface area (Å²) >= 11 is 0. The zero-order valence-corrected chi connectivity index (χ0v) is 12.7. The van der Waals surface area contributed by atoms with Crippen molar-refractivity contribution in [3.8, 4) is 0 Å². The Morgan fingerprint density at radius 2 is 1.71 bits per heavy atom. The molecule has 0 saturated heterocycles. The van der Waals surface area contributed by atoms with E-state index in [1.807, 2.05) is 7.05 Å². The van der Waals surface area contributed by atoms with Gasteiger partial charge in [-0.1, -0.05) is 48.5 Å². The van der Waals surface area contributed by atoms with Crippen molar-refractivity contribution >= 4 is 10.9 Å². The number of aromatic nitrogens is 1. The van der Waals surface area contributed by atoms with Gasteiger partial charge in [0.2, 0.25) is 0 Å². The van der Waals surface area contributed by atoms with Crippen LogP contribution in [-0.2, 0) is 0 Å². The molecule has 1 aromatic heterocycles. The highest BCUT2D eigenvalue weighted by Crippen LogP contribution is 2.35. The van der Waals surface area contributed by atoms with Crippen LogP contribution in [0.2, 0.25) is 0 Å². The lowest BCUT2D eigenvalue weighted by atomic mass is 9.87. The van der Waals surface area contributed by atoms with Crippen molar-refractivity contribution in [1.82, 2.24) is 10.3 Å². The van der Waals surface area contributed by atoms with Crippen LogP contribution >= 0.6 is 0 Å². The van der Waals surface area contributed by atoms with Gasteiger partial charge in [-0.15, -0.1) is 0 Å². The summed E-state index contributed by atoms with van der Waals surface area (Å²) in [6.45, 7) is 3.20. The Bertz CT molecular complexity index is 713. The fraction of sp³-hybridized carbons (Fsp3) is 0.263. The van der Waals surface area contributed by atoms with E-state index in [-0.39, 0.29) is 0 Å². The van der Waals surface area contributed by atoms with Crippen LogP contribution < -0.4 is 5.32 Å². The number of para-hydroxylation sites is 1. The van der Waals surface area contributed by atoms with E-state index < -0.39 is 0 Å². The molecule has 3 aromatic rings. The molecule has 1 heterocycles. The van der Waals surface area contributed by atoms with Crippen molar-refractivity contribution in [2.45, 2.75) is 19.3 Å². The van der Waals surface area contributed by atoms with Crippen LogP contribution in [-0.4, -0.2) is 18.6 Å². The van der Waals surface area contributed by atoms with E-state index in [1.165, 1.54) is 27.7 Å². The first-order valence-electron chi connectivity index (χ1n) is 7.58. The highest BCUT2D eigenvalue weighted by molar-refractivity contribution is 5.85. The van der Waals surface area contributed by atoms with Crippen LogP contribution in [0.3, 0.4) is 0 Å². The van der Waals surface area contributed by atoms with Crippen molar-refractivity contribution in [2.75, 3.05) is 13.6 Å². The molecule has 0 saturated carbocycles. The van der Waals surface area contributed by atoms with E-state index >= 15 is 0 Å². The predicted octanol–water partition coefficient (Wildman–Crippen LogP) is 4.22. The lowest BCUT2D eigenvalue weighted by molar-refractivity contribution is 0.662. The first kappa shape index (κ1) is 13.9. The van der Waals surface area contributed by atoms with Crippen molar-refractivity contribution in [1.29, 1.82) is 0 Å². The van der Waals surface area contributed by atoms with Gasteiger partial charge in [0, 0.05) is 22.5 Å². The van der Waals surface area contributed by atoms with Gasteiger partial charge in [0.15, 0.2) is 0 Å². The Labute approximate surface area is 126 Å². The minimum Gasteiger partial charge on any atom is -0.358 e. The van der Waals surface area contributed by atoms with Gasteiger partial charge < -0.3 is 10.3 Å². The number of benzene rings is 2. The fourth-order valence-corrected chi connectivity index (χ4v) is 3.20. The Morgan fingerprint density at radius 3 is 2.48 bits per heavy atom. The Kier molecular flexibility index (Phi) is 4.07. The summed E-state index contributed by atoms with van der Waals surface area (Å²) in [4.78, 5) is 3.53. The third-order valence-electron chi connectivity index (χ3n) is 4.18. The summed E-state index contributed by atoms with van der Waals surface area (Å²) in [7, 11) is 2.02. The third-order valence-corrected chi connectivity index (χ3v) is 4.18. The molecule has 0 aliphatic rings. The maximum absolute atomic E-state index is 3.53. The lowest BCUT2D eigenvalue weighted by Crippen LogP contribution is -2.13. The second-order valence-electron chi connectivity index (χ2n) is 5.56. The van der Waals surface area contributed by atoms with Gasteiger partial charge in [0.1, 0.15) is 0 Å². The maximum Gasteiger partial charge on any atom is 0.0459 e. The predicted molar refractivity (Wildman–Crippen MR) is 89.9 cm³/mol. The monoisotopic (exact) mass is 278 g/mol. The van der Waals surface area contributed by atoms with Crippen LogP contribution in [0.4, 0.5) is 0 Å². The van der Waals surface area contributed by atoms with Crippen LogP contribution in [0.1, 0.15) is 29.2 Å².